The quantitative estimate of drug-likeness (QED) is 0.665. The lowest BCUT2D eigenvalue weighted by Crippen LogP contribution is -2.15. The predicted molar refractivity (Wildman–Crippen MR) is 82.1 cm³/mol. The maximum Gasteiger partial charge on any atom is 0.338 e. The van der Waals surface area contributed by atoms with E-state index < -0.39 is 0 Å². The average molecular weight is 287 g/mol. The van der Waals surface area contributed by atoms with E-state index >= 15 is 0 Å². The minimum atomic E-state index is -0.348. The molecule has 0 heterocycles. The van der Waals surface area contributed by atoms with Crippen molar-refractivity contribution in [1.29, 1.82) is 0 Å². The van der Waals surface area contributed by atoms with E-state index in [9.17, 15) is 9.59 Å². The van der Waals surface area contributed by atoms with Gasteiger partial charge in [0.05, 0.1) is 11.7 Å². The molecule has 1 N–H and O–H groups in total. The summed E-state index contributed by atoms with van der Waals surface area (Å²) in [6.07, 6.45) is 6.69. The number of nitrogens with one attached hydrogen (secondary N) is 1. The van der Waals surface area contributed by atoms with E-state index in [0.29, 0.717) is 23.6 Å². The first kappa shape index (κ1) is 15.3. The highest BCUT2D eigenvalue weighted by Gasteiger charge is 2.14. The summed E-state index contributed by atoms with van der Waals surface area (Å²) in [4.78, 5) is 23.6. The zero-order valence-corrected chi connectivity index (χ0v) is 12.5. The van der Waals surface area contributed by atoms with Crippen LogP contribution in [0.4, 0.5) is 5.69 Å². The van der Waals surface area contributed by atoms with Crippen molar-refractivity contribution in [3.63, 3.8) is 0 Å². The number of benzene rings is 1. The molecule has 1 atom stereocenters. The summed E-state index contributed by atoms with van der Waals surface area (Å²) in [6.45, 7) is 3.62. The largest absolute Gasteiger partial charge is 0.459 e. The Balaban J connectivity index is 1.88. The van der Waals surface area contributed by atoms with Crippen molar-refractivity contribution in [3.05, 3.63) is 42.0 Å². The van der Waals surface area contributed by atoms with E-state index in [-0.39, 0.29) is 18.0 Å². The van der Waals surface area contributed by atoms with Crippen LogP contribution in [0.2, 0.25) is 0 Å². The fourth-order valence-electron chi connectivity index (χ4n) is 2.29. The zero-order chi connectivity index (χ0) is 15.2. The third-order valence-electron chi connectivity index (χ3n) is 3.31. The van der Waals surface area contributed by atoms with E-state index in [1.807, 2.05) is 13.8 Å². The molecule has 2 rings (SSSR count). The van der Waals surface area contributed by atoms with E-state index in [1.54, 1.807) is 24.3 Å². The first-order valence-electron chi connectivity index (χ1n) is 7.32. The van der Waals surface area contributed by atoms with Crippen LogP contribution in [-0.4, -0.2) is 18.0 Å². The Morgan fingerprint density at radius 1 is 1.29 bits per heavy atom. The monoisotopic (exact) mass is 287 g/mol. The maximum absolute atomic E-state index is 11.9. The molecule has 1 aliphatic carbocycles. The van der Waals surface area contributed by atoms with Gasteiger partial charge in [-0.05, 0) is 56.9 Å². The molecule has 1 aliphatic rings. The molecule has 4 heteroatoms. The third kappa shape index (κ3) is 4.74. The van der Waals surface area contributed by atoms with Gasteiger partial charge in [0.15, 0.2) is 0 Å². The number of carbonyl (C=O) groups is 2. The summed E-state index contributed by atoms with van der Waals surface area (Å²) in [7, 11) is 0. The number of hydrogen-bond acceptors (Lipinski definition) is 3. The summed E-state index contributed by atoms with van der Waals surface area (Å²) < 4.78 is 5.11. The van der Waals surface area contributed by atoms with Crippen molar-refractivity contribution in [2.24, 2.45) is 5.92 Å². The van der Waals surface area contributed by atoms with Gasteiger partial charge in [0, 0.05) is 12.1 Å². The lowest BCUT2D eigenvalue weighted by Gasteiger charge is -2.10. The third-order valence-corrected chi connectivity index (χ3v) is 3.31. The van der Waals surface area contributed by atoms with Gasteiger partial charge in [0.2, 0.25) is 5.91 Å². The van der Waals surface area contributed by atoms with Crippen LogP contribution >= 0.6 is 0 Å². The molecule has 112 valence electrons. The highest BCUT2D eigenvalue weighted by atomic mass is 16.5. The number of esters is 1. The summed E-state index contributed by atoms with van der Waals surface area (Å²) in [6, 6.07) is 6.77. The number of allylic oxidation sites excluding steroid dienone is 2. The van der Waals surface area contributed by atoms with Crippen LogP contribution in [0.5, 0.6) is 0 Å². The molecule has 0 unspecified atom stereocenters. The molecule has 1 aromatic carbocycles. The molecule has 0 aliphatic heterocycles. The first-order valence-corrected chi connectivity index (χ1v) is 7.32. The number of anilines is 1. The Morgan fingerprint density at radius 2 is 2.00 bits per heavy atom. The Kier molecular flexibility index (Phi) is 5.14. The van der Waals surface area contributed by atoms with Gasteiger partial charge >= 0.3 is 5.97 Å². The number of ether oxygens (including phenoxy) is 1. The predicted octanol–water partition coefficient (Wildman–Crippen LogP) is 3.55. The SMILES string of the molecule is CC(C)OC(=O)c1ccc(NC(=O)C[C@@H]2C=CCC2)cc1. The molecule has 0 saturated carbocycles. The van der Waals surface area contributed by atoms with Gasteiger partial charge in [-0.2, -0.15) is 0 Å². The van der Waals surface area contributed by atoms with Crippen LogP contribution in [0, 0.1) is 5.92 Å². The molecule has 1 aromatic rings. The van der Waals surface area contributed by atoms with Crippen LogP contribution in [0.1, 0.15) is 43.5 Å². The van der Waals surface area contributed by atoms with Crippen molar-refractivity contribution in [3.8, 4) is 0 Å². The normalized spacial score (nSPS) is 17.0. The molecule has 0 fully saturated rings. The minimum absolute atomic E-state index is 0.00376. The molecule has 0 spiro atoms. The smallest absolute Gasteiger partial charge is 0.338 e. The van der Waals surface area contributed by atoms with Crippen molar-refractivity contribution < 1.29 is 14.3 Å². The van der Waals surface area contributed by atoms with Crippen LogP contribution in [0.3, 0.4) is 0 Å². The average Bonchev–Trinajstić information content (AvgIpc) is 2.91. The van der Waals surface area contributed by atoms with Crippen molar-refractivity contribution in [2.75, 3.05) is 5.32 Å². The van der Waals surface area contributed by atoms with Crippen molar-refractivity contribution in [1.82, 2.24) is 0 Å². The number of amides is 1. The molecule has 21 heavy (non-hydrogen) atoms. The maximum atomic E-state index is 11.9. The fourth-order valence-corrected chi connectivity index (χ4v) is 2.29. The molecule has 1 amide bonds. The minimum Gasteiger partial charge on any atom is -0.459 e. The van der Waals surface area contributed by atoms with Gasteiger partial charge in [-0.15, -0.1) is 0 Å². The highest BCUT2D eigenvalue weighted by Crippen LogP contribution is 2.21. The lowest BCUT2D eigenvalue weighted by atomic mass is 10.0. The Bertz CT molecular complexity index is 531. The highest BCUT2D eigenvalue weighted by molar-refractivity contribution is 5.93. The lowest BCUT2D eigenvalue weighted by molar-refractivity contribution is -0.116. The summed E-state index contributed by atoms with van der Waals surface area (Å²) >= 11 is 0. The Hall–Kier alpha value is -2.10. The molecular formula is C17H21NO3. The Morgan fingerprint density at radius 3 is 2.57 bits per heavy atom. The molecular weight excluding hydrogens is 266 g/mol. The first-order chi connectivity index (χ1) is 10.0. The number of rotatable bonds is 5. The van der Waals surface area contributed by atoms with E-state index in [4.69, 9.17) is 4.74 Å². The molecule has 0 aromatic heterocycles. The van der Waals surface area contributed by atoms with Crippen molar-refractivity contribution >= 4 is 17.6 Å². The molecule has 0 bridgehead atoms. The zero-order valence-electron chi connectivity index (χ0n) is 12.5. The number of carbonyl (C=O) groups excluding carboxylic acids is 2. The summed E-state index contributed by atoms with van der Waals surface area (Å²) in [5.74, 6) is 0.00770. The van der Waals surface area contributed by atoms with Gasteiger partial charge in [-0.25, -0.2) is 4.79 Å². The second-order valence-electron chi connectivity index (χ2n) is 5.55. The van der Waals surface area contributed by atoms with Gasteiger partial charge in [0.25, 0.3) is 0 Å². The standard InChI is InChI=1S/C17H21NO3/c1-12(2)21-17(20)14-7-9-15(10-8-14)18-16(19)11-13-5-3-4-6-13/h3,5,7-10,12-13H,4,6,11H2,1-2H3,(H,18,19)/t13-/m1/s1. The van der Waals surface area contributed by atoms with E-state index in [0.717, 1.165) is 12.8 Å². The summed E-state index contributed by atoms with van der Waals surface area (Å²) in [5, 5.41) is 2.85. The van der Waals surface area contributed by atoms with E-state index in [2.05, 4.69) is 17.5 Å². The second-order valence-corrected chi connectivity index (χ2v) is 5.55. The van der Waals surface area contributed by atoms with Crippen LogP contribution in [-0.2, 0) is 9.53 Å². The Labute approximate surface area is 125 Å². The van der Waals surface area contributed by atoms with Gasteiger partial charge in [0.1, 0.15) is 0 Å². The second kappa shape index (κ2) is 7.07. The molecule has 0 radical (unpaired) electrons. The van der Waals surface area contributed by atoms with Gasteiger partial charge in [-0.1, -0.05) is 12.2 Å². The van der Waals surface area contributed by atoms with Crippen LogP contribution in [0.15, 0.2) is 36.4 Å². The topological polar surface area (TPSA) is 55.4 Å². The van der Waals surface area contributed by atoms with Gasteiger partial charge < -0.3 is 10.1 Å². The van der Waals surface area contributed by atoms with Crippen LogP contribution < -0.4 is 5.32 Å². The fraction of sp³-hybridized carbons (Fsp3) is 0.412. The van der Waals surface area contributed by atoms with Gasteiger partial charge in [-0.3, -0.25) is 4.79 Å². The summed E-state index contributed by atoms with van der Waals surface area (Å²) in [5.41, 5.74) is 1.18. The van der Waals surface area contributed by atoms with Crippen molar-refractivity contribution in [2.45, 2.75) is 39.2 Å². The van der Waals surface area contributed by atoms with Crippen LogP contribution in [0.25, 0.3) is 0 Å². The molecule has 0 saturated heterocycles. The number of hydrogen-bond donors (Lipinski definition) is 1. The molecule has 4 nitrogen and oxygen atoms in total. The van der Waals surface area contributed by atoms with E-state index in [1.165, 1.54) is 0 Å².